The van der Waals surface area contributed by atoms with Crippen molar-refractivity contribution in [2.75, 3.05) is 0 Å². The highest BCUT2D eigenvalue weighted by atomic mass is 79.9. The molecule has 2 atom stereocenters. The van der Waals surface area contributed by atoms with Gasteiger partial charge in [0.1, 0.15) is 0 Å². The van der Waals surface area contributed by atoms with Crippen molar-refractivity contribution in [1.29, 1.82) is 0 Å². The summed E-state index contributed by atoms with van der Waals surface area (Å²) >= 11 is 3.77. The van der Waals surface area contributed by atoms with E-state index in [2.05, 4.69) is 52.1 Å². The standard InChI is InChI=1S/C13H14BrN/c1-8-6-10-9-4-2-3-5-12(9)15-13(10)11(14)7-8/h2-5,8,11,15H,6-7H2,1H3. The largest absolute Gasteiger partial charge is 0.357 e. The summed E-state index contributed by atoms with van der Waals surface area (Å²) in [5.41, 5.74) is 4.20. The van der Waals surface area contributed by atoms with Crippen molar-refractivity contribution in [3.63, 3.8) is 0 Å². The first-order chi connectivity index (χ1) is 7.25. The summed E-state index contributed by atoms with van der Waals surface area (Å²) in [6.07, 6.45) is 2.45. The third-order valence-electron chi connectivity index (χ3n) is 3.32. The van der Waals surface area contributed by atoms with Crippen LogP contribution in [-0.2, 0) is 6.42 Å². The number of nitrogens with one attached hydrogen (secondary N) is 1. The Morgan fingerprint density at radius 3 is 3.00 bits per heavy atom. The van der Waals surface area contributed by atoms with Gasteiger partial charge in [-0.05, 0) is 30.4 Å². The van der Waals surface area contributed by atoms with Gasteiger partial charge in [0.2, 0.25) is 0 Å². The van der Waals surface area contributed by atoms with E-state index in [4.69, 9.17) is 0 Å². The number of hydrogen-bond donors (Lipinski definition) is 1. The Morgan fingerprint density at radius 2 is 2.13 bits per heavy atom. The highest BCUT2D eigenvalue weighted by Gasteiger charge is 2.25. The van der Waals surface area contributed by atoms with Gasteiger partial charge in [-0.3, -0.25) is 0 Å². The molecule has 2 heteroatoms. The fraction of sp³-hybridized carbons (Fsp3) is 0.385. The van der Waals surface area contributed by atoms with Crippen molar-refractivity contribution in [3.05, 3.63) is 35.5 Å². The van der Waals surface area contributed by atoms with Gasteiger partial charge in [0.25, 0.3) is 0 Å². The molecule has 78 valence electrons. The molecular formula is C13H14BrN. The van der Waals surface area contributed by atoms with Gasteiger partial charge >= 0.3 is 0 Å². The Hall–Kier alpha value is -0.760. The summed E-state index contributed by atoms with van der Waals surface area (Å²) in [5, 5.41) is 1.41. The van der Waals surface area contributed by atoms with Crippen LogP contribution in [0.5, 0.6) is 0 Å². The number of hydrogen-bond acceptors (Lipinski definition) is 0. The monoisotopic (exact) mass is 263 g/mol. The number of alkyl halides is 1. The molecule has 1 aliphatic carbocycles. The van der Waals surface area contributed by atoms with E-state index in [1.54, 1.807) is 0 Å². The lowest BCUT2D eigenvalue weighted by atomic mass is 9.88. The fourth-order valence-corrected chi connectivity index (χ4v) is 3.64. The van der Waals surface area contributed by atoms with Gasteiger partial charge in [0.15, 0.2) is 0 Å². The summed E-state index contributed by atoms with van der Waals surface area (Å²) in [7, 11) is 0. The molecular weight excluding hydrogens is 250 g/mol. The van der Waals surface area contributed by atoms with Gasteiger partial charge < -0.3 is 4.98 Å². The maximum Gasteiger partial charge on any atom is 0.0551 e. The molecule has 2 aromatic rings. The van der Waals surface area contributed by atoms with Crippen LogP contribution in [0.15, 0.2) is 24.3 Å². The Balaban J connectivity index is 2.27. The Kier molecular flexibility index (Phi) is 2.13. The molecule has 0 saturated carbocycles. The van der Waals surface area contributed by atoms with Crippen LogP contribution in [0, 0.1) is 5.92 Å². The van der Waals surface area contributed by atoms with Crippen LogP contribution in [0.4, 0.5) is 0 Å². The van der Waals surface area contributed by atoms with E-state index in [9.17, 15) is 0 Å². The van der Waals surface area contributed by atoms with Crippen molar-refractivity contribution in [2.24, 2.45) is 5.92 Å². The van der Waals surface area contributed by atoms with Gasteiger partial charge in [0.05, 0.1) is 4.83 Å². The predicted octanol–water partition coefficient (Wildman–Crippen LogP) is 4.19. The Morgan fingerprint density at radius 1 is 1.33 bits per heavy atom. The molecule has 3 rings (SSSR count). The second kappa shape index (κ2) is 3.38. The lowest BCUT2D eigenvalue weighted by Crippen LogP contribution is -2.12. The average molecular weight is 264 g/mol. The van der Waals surface area contributed by atoms with Crippen LogP contribution in [0.3, 0.4) is 0 Å². The summed E-state index contributed by atoms with van der Waals surface area (Å²) in [4.78, 5) is 4.04. The van der Waals surface area contributed by atoms with Crippen LogP contribution >= 0.6 is 15.9 Å². The summed E-state index contributed by atoms with van der Waals surface area (Å²) in [6.45, 7) is 2.33. The molecule has 0 fully saturated rings. The molecule has 2 unspecified atom stereocenters. The number of halogens is 1. The van der Waals surface area contributed by atoms with Crippen molar-refractivity contribution in [2.45, 2.75) is 24.6 Å². The SMILES string of the molecule is CC1Cc2c([nH]c3ccccc23)C(Br)C1. The molecule has 0 bridgehead atoms. The zero-order valence-corrected chi connectivity index (χ0v) is 10.3. The van der Waals surface area contributed by atoms with Crippen molar-refractivity contribution >= 4 is 26.8 Å². The normalized spacial score (nSPS) is 25.5. The van der Waals surface area contributed by atoms with Crippen molar-refractivity contribution in [1.82, 2.24) is 4.98 Å². The van der Waals surface area contributed by atoms with Crippen LogP contribution in [0.1, 0.15) is 29.4 Å². The fourth-order valence-electron chi connectivity index (χ4n) is 2.61. The van der Waals surface area contributed by atoms with E-state index in [-0.39, 0.29) is 0 Å². The minimum Gasteiger partial charge on any atom is -0.357 e. The molecule has 1 N–H and O–H groups in total. The second-order valence-corrected chi connectivity index (χ2v) is 5.68. The van der Waals surface area contributed by atoms with Gasteiger partial charge in [-0.25, -0.2) is 0 Å². The molecule has 0 spiro atoms. The molecule has 1 heterocycles. The third kappa shape index (κ3) is 1.43. The first-order valence-electron chi connectivity index (χ1n) is 5.49. The molecule has 0 saturated heterocycles. The number of H-pyrrole nitrogens is 1. The molecule has 1 nitrogen and oxygen atoms in total. The zero-order valence-electron chi connectivity index (χ0n) is 8.76. The van der Waals surface area contributed by atoms with E-state index in [0.29, 0.717) is 4.83 Å². The molecule has 1 aliphatic rings. The first-order valence-corrected chi connectivity index (χ1v) is 6.41. The van der Waals surface area contributed by atoms with E-state index < -0.39 is 0 Å². The van der Waals surface area contributed by atoms with Gasteiger partial charge in [-0.15, -0.1) is 0 Å². The van der Waals surface area contributed by atoms with Gasteiger partial charge in [0, 0.05) is 16.6 Å². The summed E-state index contributed by atoms with van der Waals surface area (Å²) in [6, 6.07) is 8.61. The maximum atomic E-state index is 3.77. The molecule has 0 amide bonds. The van der Waals surface area contributed by atoms with E-state index >= 15 is 0 Å². The zero-order chi connectivity index (χ0) is 10.4. The molecule has 1 aromatic heterocycles. The van der Waals surface area contributed by atoms with Crippen molar-refractivity contribution < 1.29 is 0 Å². The van der Waals surface area contributed by atoms with Crippen LogP contribution in [0.25, 0.3) is 10.9 Å². The lowest BCUT2D eigenvalue weighted by Gasteiger charge is -2.23. The third-order valence-corrected chi connectivity index (χ3v) is 4.15. The number of benzene rings is 1. The van der Waals surface area contributed by atoms with E-state index in [0.717, 1.165) is 5.92 Å². The smallest absolute Gasteiger partial charge is 0.0551 e. The van der Waals surface area contributed by atoms with Crippen LogP contribution in [-0.4, -0.2) is 4.98 Å². The van der Waals surface area contributed by atoms with Gasteiger partial charge in [-0.1, -0.05) is 41.1 Å². The van der Waals surface area contributed by atoms with Crippen molar-refractivity contribution in [3.8, 4) is 0 Å². The topological polar surface area (TPSA) is 15.8 Å². The van der Waals surface area contributed by atoms with Crippen LogP contribution < -0.4 is 0 Å². The molecule has 15 heavy (non-hydrogen) atoms. The number of aromatic nitrogens is 1. The predicted molar refractivity (Wildman–Crippen MR) is 67.5 cm³/mol. The molecule has 0 radical (unpaired) electrons. The molecule has 0 aliphatic heterocycles. The lowest BCUT2D eigenvalue weighted by molar-refractivity contribution is 0.497. The second-order valence-electron chi connectivity index (χ2n) is 4.58. The average Bonchev–Trinajstić information content (AvgIpc) is 2.57. The summed E-state index contributed by atoms with van der Waals surface area (Å²) in [5.74, 6) is 0.779. The number of fused-ring (bicyclic) bond motifs is 3. The minimum absolute atomic E-state index is 0.503. The van der Waals surface area contributed by atoms with E-state index in [1.807, 2.05) is 0 Å². The number of rotatable bonds is 0. The Bertz CT molecular complexity index is 500. The highest BCUT2D eigenvalue weighted by Crippen LogP contribution is 2.41. The Labute approximate surface area is 98.0 Å². The summed E-state index contributed by atoms with van der Waals surface area (Å²) < 4.78 is 0. The quantitative estimate of drug-likeness (QED) is 0.687. The maximum absolute atomic E-state index is 3.77. The van der Waals surface area contributed by atoms with Crippen LogP contribution in [0.2, 0.25) is 0 Å². The van der Waals surface area contributed by atoms with E-state index in [1.165, 1.54) is 35.0 Å². The first kappa shape index (κ1) is 9.46. The van der Waals surface area contributed by atoms with Gasteiger partial charge in [-0.2, -0.15) is 0 Å². The number of aromatic amines is 1. The number of para-hydroxylation sites is 1. The highest BCUT2D eigenvalue weighted by molar-refractivity contribution is 9.09. The molecule has 1 aromatic carbocycles. The minimum atomic E-state index is 0.503.